The molecule has 0 heterocycles. The molecule has 0 saturated carbocycles. The minimum absolute atomic E-state index is 0. The average Bonchev–Trinajstić information content (AvgIpc) is 2.45. The van der Waals surface area contributed by atoms with Crippen molar-refractivity contribution < 1.29 is 35.7 Å². The van der Waals surface area contributed by atoms with Gasteiger partial charge in [-0.3, -0.25) is 0 Å². The van der Waals surface area contributed by atoms with Gasteiger partial charge in [0.15, 0.2) is 0 Å². The molecule has 0 aliphatic carbocycles. The fraction of sp³-hybridized carbons (Fsp3) is 1.00. The molecule has 0 fully saturated rings. The van der Waals surface area contributed by atoms with Crippen LogP contribution in [-0.4, -0.2) is 13.2 Å². The summed E-state index contributed by atoms with van der Waals surface area (Å²) in [5, 5.41) is 0. The van der Waals surface area contributed by atoms with Crippen molar-refractivity contribution in [2.24, 2.45) is 11.8 Å². The first-order chi connectivity index (χ1) is 9.28. The Kier molecular flexibility index (Phi) is 20.4. The summed E-state index contributed by atoms with van der Waals surface area (Å²) in [6.07, 6.45) is 10.2. The SMILES string of the molecule is CCCCC(CC)C[O][Fe+][O]CC(CC)CCCC.[Cl-]. The van der Waals surface area contributed by atoms with Crippen LogP contribution in [-0.2, 0) is 23.3 Å². The van der Waals surface area contributed by atoms with Gasteiger partial charge < -0.3 is 12.4 Å². The number of unbranched alkanes of at least 4 members (excludes halogenated alkanes) is 2. The molecule has 0 rings (SSSR count). The Balaban J connectivity index is 0. The summed E-state index contributed by atoms with van der Waals surface area (Å²) in [6, 6.07) is 0. The normalized spacial score (nSPS) is 13.8. The molecular weight excluding hydrogens is 315 g/mol. The average molecular weight is 350 g/mol. The predicted octanol–water partition coefficient (Wildman–Crippen LogP) is 2.37. The first-order valence-electron chi connectivity index (χ1n) is 8.14. The van der Waals surface area contributed by atoms with E-state index >= 15 is 0 Å². The molecule has 0 radical (unpaired) electrons. The first-order valence-corrected chi connectivity index (χ1v) is 9.05. The van der Waals surface area contributed by atoms with Crippen LogP contribution in [0.1, 0.15) is 79.1 Å². The maximum atomic E-state index is 5.66. The topological polar surface area (TPSA) is 18.5 Å². The third-order valence-corrected chi connectivity index (χ3v) is 4.39. The van der Waals surface area contributed by atoms with Crippen LogP contribution < -0.4 is 12.4 Å². The van der Waals surface area contributed by atoms with Crippen molar-refractivity contribution in [2.75, 3.05) is 13.2 Å². The minimum Gasteiger partial charge on any atom is -1.00 e. The van der Waals surface area contributed by atoms with Crippen molar-refractivity contribution in [3.8, 4) is 0 Å². The third kappa shape index (κ3) is 13.7. The quantitative estimate of drug-likeness (QED) is 0.354. The Hall–Kier alpha value is 0.729. The number of rotatable bonds is 14. The Labute approximate surface area is 140 Å². The minimum atomic E-state index is 0. The van der Waals surface area contributed by atoms with Gasteiger partial charge >= 0.3 is 127 Å². The maximum Gasteiger partial charge on any atom is -1.00 e. The molecule has 2 unspecified atom stereocenters. The zero-order valence-corrected chi connectivity index (χ0v) is 15.6. The van der Waals surface area contributed by atoms with Crippen molar-refractivity contribution in [2.45, 2.75) is 79.1 Å². The van der Waals surface area contributed by atoms with Crippen molar-refractivity contribution in [3.05, 3.63) is 0 Å². The first kappa shape index (κ1) is 23.0. The molecule has 0 aromatic heterocycles. The fourth-order valence-corrected chi connectivity index (χ4v) is 2.80. The monoisotopic (exact) mass is 349 g/mol. The van der Waals surface area contributed by atoms with Gasteiger partial charge in [0.25, 0.3) is 0 Å². The second-order valence-corrected chi connectivity index (χ2v) is 6.25. The molecule has 0 aromatic rings. The largest absolute Gasteiger partial charge is 1.00 e. The summed E-state index contributed by atoms with van der Waals surface area (Å²) in [5.41, 5.74) is 0. The molecule has 20 heavy (non-hydrogen) atoms. The van der Waals surface area contributed by atoms with E-state index in [-0.39, 0.29) is 12.4 Å². The van der Waals surface area contributed by atoms with Gasteiger partial charge in [-0.1, -0.05) is 0 Å². The van der Waals surface area contributed by atoms with Gasteiger partial charge in [-0.05, 0) is 0 Å². The van der Waals surface area contributed by atoms with E-state index in [1.54, 1.807) is 0 Å². The smallest absolute Gasteiger partial charge is 1.00 e. The molecular formula is C16H34ClFeO2. The van der Waals surface area contributed by atoms with E-state index in [1.807, 2.05) is 0 Å². The second kappa shape index (κ2) is 17.8. The Bertz CT molecular complexity index is 164. The van der Waals surface area contributed by atoms with Crippen LogP contribution >= 0.6 is 0 Å². The van der Waals surface area contributed by atoms with Crippen LogP contribution in [0.25, 0.3) is 0 Å². The molecule has 125 valence electrons. The van der Waals surface area contributed by atoms with Crippen LogP contribution in [0.2, 0.25) is 0 Å². The second-order valence-electron chi connectivity index (χ2n) is 5.43. The zero-order valence-electron chi connectivity index (χ0n) is 13.8. The van der Waals surface area contributed by atoms with Gasteiger partial charge in [0.1, 0.15) is 0 Å². The number of halogens is 1. The van der Waals surface area contributed by atoms with Gasteiger partial charge in [0, 0.05) is 0 Å². The molecule has 0 aliphatic rings. The molecule has 0 saturated heterocycles. The molecule has 0 aromatic carbocycles. The van der Waals surface area contributed by atoms with E-state index < -0.39 is 0 Å². The third-order valence-electron chi connectivity index (χ3n) is 3.76. The van der Waals surface area contributed by atoms with Crippen molar-refractivity contribution >= 4 is 0 Å². The summed E-state index contributed by atoms with van der Waals surface area (Å²) in [6.45, 7) is 10.7. The van der Waals surface area contributed by atoms with Crippen LogP contribution in [0.3, 0.4) is 0 Å². The van der Waals surface area contributed by atoms with Gasteiger partial charge in [-0.2, -0.15) is 0 Å². The molecule has 0 spiro atoms. The Morgan fingerprint density at radius 1 is 0.750 bits per heavy atom. The molecule has 0 aliphatic heterocycles. The van der Waals surface area contributed by atoms with E-state index in [1.165, 1.54) is 51.4 Å². The summed E-state index contributed by atoms with van der Waals surface area (Å²) in [5.74, 6) is 1.43. The zero-order chi connectivity index (χ0) is 14.3. The molecule has 2 nitrogen and oxygen atoms in total. The van der Waals surface area contributed by atoms with E-state index in [9.17, 15) is 0 Å². The van der Waals surface area contributed by atoms with Crippen molar-refractivity contribution in [3.63, 3.8) is 0 Å². The molecule has 0 bridgehead atoms. The fourth-order valence-electron chi connectivity index (χ4n) is 2.04. The van der Waals surface area contributed by atoms with E-state index in [0.717, 1.165) is 13.2 Å². The van der Waals surface area contributed by atoms with Crippen LogP contribution in [0.4, 0.5) is 0 Å². The Morgan fingerprint density at radius 2 is 1.15 bits per heavy atom. The van der Waals surface area contributed by atoms with Gasteiger partial charge in [-0.25, -0.2) is 0 Å². The van der Waals surface area contributed by atoms with Crippen LogP contribution in [0.5, 0.6) is 0 Å². The standard InChI is InChI=1S/2C8H17O.ClH.Fe/c2*1-3-5-6-8(4-2)7-9;;/h2*8H,3-7H2,1-2H3;1H;/q2*-1;;+3/p-1. The van der Waals surface area contributed by atoms with Gasteiger partial charge in [0.05, 0.1) is 0 Å². The van der Waals surface area contributed by atoms with Crippen LogP contribution in [0, 0.1) is 11.8 Å². The molecule has 4 heteroatoms. The number of hydrogen-bond donors (Lipinski definition) is 0. The summed E-state index contributed by atoms with van der Waals surface area (Å²) < 4.78 is 11.3. The molecule has 2 atom stereocenters. The van der Waals surface area contributed by atoms with Gasteiger partial charge in [0.2, 0.25) is 0 Å². The molecule has 0 amide bonds. The summed E-state index contributed by atoms with van der Waals surface area (Å²) >= 11 is 0.477. The molecule has 0 N–H and O–H groups in total. The maximum absolute atomic E-state index is 5.66. The van der Waals surface area contributed by atoms with Crippen molar-refractivity contribution in [1.82, 2.24) is 0 Å². The Morgan fingerprint density at radius 3 is 1.45 bits per heavy atom. The van der Waals surface area contributed by atoms with E-state index in [0.29, 0.717) is 27.5 Å². The summed E-state index contributed by atoms with van der Waals surface area (Å²) in [4.78, 5) is 0. The summed E-state index contributed by atoms with van der Waals surface area (Å²) in [7, 11) is 0. The number of hydrogen-bond acceptors (Lipinski definition) is 2. The predicted molar refractivity (Wildman–Crippen MR) is 78.5 cm³/mol. The van der Waals surface area contributed by atoms with E-state index in [4.69, 9.17) is 7.64 Å². The van der Waals surface area contributed by atoms with Crippen LogP contribution in [0.15, 0.2) is 0 Å². The van der Waals surface area contributed by atoms with Crippen molar-refractivity contribution in [1.29, 1.82) is 0 Å². The van der Waals surface area contributed by atoms with E-state index in [2.05, 4.69) is 27.7 Å². The van der Waals surface area contributed by atoms with Gasteiger partial charge in [-0.15, -0.1) is 0 Å².